The zero-order valence-electron chi connectivity index (χ0n) is 8.74. The molecule has 2 aromatic carbocycles. The van der Waals surface area contributed by atoms with Gasteiger partial charge in [0, 0.05) is 9.98 Å². The van der Waals surface area contributed by atoms with Crippen molar-refractivity contribution in [1.82, 2.24) is 0 Å². The SMILES string of the molecule is ClC[SiH](c1ccccc1)c1ccc(Br)cc1. The molecule has 1 atom stereocenters. The lowest BCUT2D eigenvalue weighted by atomic mass is 10.4. The van der Waals surface area contributed by atoms with Crippen molar-refractivity contribution in [3.8, 4) is 0 Å². The minimum absolute atomic E-state index is 0.742. The maximum absolute atomic E-state index is 6.13. The van der Waals surface area contributed by atoms with Crippen LogP contribution in [0.4, 0.5) is 0 Å². The van der Waals surface area contributed by atoms with Crippen LogP contribution >= 0.6 is 27.5 Å². The fourth-order valence-corrected chi connectivity index (χ4v) is 5.17. The van der Waals surface area contributed by atoms with Crippen LogP contribution in [0, 0.1) is 0 Å². The van der Waals surface area contributed by atoms with Gasteiger partial charge in [0.1, 0.15) is 8.80 Å². The van der Waals surface area contributed by atoms with Crippen LogP contribution in [0.15, 0.2) is 59.1 Å². The summed E-state index contributed by atoms with van der Waals surface area (Å²) >= 11 is 9.58. The third kappa shape index (κ3) is 2.76. The third-order valence-electron chi connectivity index (χ3n) is 2.63. The molecule has 0 saturated heterocycles. The van der Waals surface area contributed by atoms with Gasteiger partial charge in [-0.15, -0.1) is 11.6 Å². The molecule has 16 heavy (non-hydrogen) atoms. The maximum atomic E-state index is 6.13. The Morgan fingerprint density at radius 2 is 1.44 bits per heavy atom. The zero-order valence-corrected chi connectivity index (χ0v) is 12.2. The highest BCUT2D eigenvalue weighted by atomic mass is 79.9. The maximum Gasteiger partial charge on any atom is 0.117 e. The van der Waals surface area contributed by atoms with Gasteiger partial charge in [0.15, 0.2) is 0 Å². The van der Waals surface area contributed by atoms with Crippen molar-refractivity contribution < 1.29 is 0 Å². The van der Waals surface area contributed by atoms with Crippen LogP contribution in [0.5, 0.6) is 0 Å². The van der Waals surface area contributed by atoms with Crippen LogP contribution < -0.4 is 10.4 Å². The molecule has 2 aromatic rings. The van der Waals surface area contributed by atoms with Crippen LogP contribution in [0.3, 0.4) is 0 Å². The minimum atomic E-state index is -1.21. The smallest absolute Gasteiger partial charge is 0.117 e. The Balaban J connectivity index is 2.33. The molecule has 0 fully saturated rings. The van der Waals surface area contributed by atoms with Crippen molar-refractivity contribution in [2.45, 2.75) is 0 Å². The second kappa shape index (κ2) is 5.67. The van der Waals surface area contributed by atoms with Gasteiger partial charge < -0.3 is 0 Å². The van der Waals surface area contributed by atoms with E-state index in [1.807, 2.05) is 6.07 Å². The van der Waals surface area contributed by atoms with Crippen molar-refractivity contribution in [1.29, 1.82) is 0 Å². The number of hydrogen-bond donors (Lipinski definition) is 0. The first-order valence-corrected chi connectivity index (χ1v) is 8.47. The van der Waals surface area contributed by atoms with E-state index in [9.17, 15) is 0 Å². The van der Waals surface area contributed by atoms with Crippen molar-refractivity contribution in [3.63, 3.8) is 0 Å². The van der Waals surface area contributed by atoms with Crippen LogP contribution in [-0.2, 0) is 0 Å². The monoisotopic (exact) mass is 310 g/mol. The van der Waals surface area contributed by atoms with Crippen molar-refractivity contribution in [3.05, 3.63) is 59.1 Å². The van der Waals surface area contributed by atoms with Gasteiger partial charge in [-0.1, -0.05) is 68.8 Å². The fourth-order valence-electron chi connectivity index (χ4n) is 1.75. The van der Waals surface area contributed by atoms with Gasteiger partial charge in [0.25, 0.3) is 0 Å². The Hall–Kier alpha value is -0.573. The van der Waals surface area contributed by atoms with Crippen LogP contribution in [0.1, 0.15) is 0 Å². The standard InChI is InChI=1S/C13H12BrClSi/c14-11-6-8-13(9-7-11)16(10-15)12-4-2-1-3-5-12/h1-9,16H,10H2. The van der Waals surface area contributed by atoms with Gasteiger partial charge in [-0.05, 0) is 12.1 Å². The van der Waals surface area contributed by atoms with Crippen molar-refractivity contribution in [2.24, 2.45) is 0 Å². The Morgan fingerprint density at radius 1 is 0.875 bits per heavy atom. The predicted octanol–water partition coefficient (Wildman–Crippen LogP) is 2.57. The summed E-state index contributed by atoms with van der Waals surface area (Å²) in [5.41, 5.74) is 0.742. The highest BCUT2D eigenvalue weighted by Crippen LogP contribution is 2.06. The molecular formula is C13H12BrClSi. The molecule has 0 nitrogen and oxygen atoms in total. The summed E-state index contributed by atoms with van der Waals surface area (Å²) in [6.07, 6.45) is 0. The molecule has 0 heterocycles. The zero-order chi connectivity index (χ0) is 11.4. The summed E-state index contributed by atoms with van der Waals surface area (Å²) in [5, 5.41) is 2.80. The summed E-state index contributed by atoms with van der Waals surface area (Å²) in [6.45, 7) is 0. The highest BCUT2D eigenvalue weighted by molar-refractivity contribution is 9.10. The summed E-state index contributed by atoms with van der Waals surface area (Å²) in [7, 11) is -1.21. The second-order valence-electron chi connectivity index (χ2n) is 3.67. The van der Waals surface area contributed by atoms with E-state index >= 15 is 0 Å². The Bertz CT molecular complexity index is 441. The number of halogens is 2. The second-order valence-corrected chi connectivity index (χ2v) is 8.26. The first-order chi connectivity index (χ1) is 7.81. The molecule has 0 aliphatic rings. The molecule has 2 rings (SSSR count). The molecule has 0 aliphatic heterocycles. The number of rotatable bonds is 3. The van der Waals surface area contributed by atoms with E-state index in [0.29, 0.717) is 0 Å². The molecule has 0 bridgehead atoms. The molecule has 0 N–H and O–H groups in total. The lowest BCUT2D eigenvalue weighted by Gasteiger charge is -2.13. The molecule has 82 valence electrons. The predicted molar refractivity (Wildman–Crippen MR) is 77.7 cm³/mol. The summed E-state index contributed by atoms with van der Waals surface area (Å²) in [5.74, 6) is 0. The van der Waals surface area contributed by atoms with E-state index < -0.39 is 8.80 Å². The summed E-state index contributed by atoms with van der Waals surface area (Å²) in [6, 6.07) is 19.1. The molecule has 0 aliphatic carbocycles. The quantitative estimate of drug-likeness (QED) is 0.604. The third-order valence-corrected chi connectivity index (χ3v) is 6.77. The highest BCUT2D eigenvalue weighted by Gasteiger charge is 2.14. The van der Waals surface area contributed by atoms with E-state index in [4.69, 9.17) is 11.6 Å². The van der Waals surface area contributed by atoms with Gasteiger partial charge in [0.2, 0.25) is 0 Å². The topological polar surface area (TPSA) is 0 Å². The molecule has 1 unspecified atom stereocenters. The molecule has 0 saturated carbocycles. The van der Waals surface area contributed by atoms with Gasteiger partial charge in [0.05, 0.1) is 0 Å². The van der Waals surface area contributed by atoms with Gasteiger partial charge in [-0.2, -0.15) is 0 Å². The molecule has 0 aromatic heterocycles. The van der Waals surface area contributed by atoms with Crippen LogP contribution in [-0.4, -0.2) is 14.3 Å². The average molecular weight is 312 g/mol. The Labute approximate surface area is 111 Å². The van der Waals surface area contributed by atoms with E-state index in [-0.39, 0.29) is 0 Å². The lowest BCUT2D eigenvalue weighted by molar-refractivity contribution is 1.67. The molecule has 0 spiro atoms. The van der Waals surface area contributed by atoms with Gasteiger partial charge in [-0.3, -0.25) is 0 Å². The van der Waals surface area contributed by atoms with E-state index in [1.165, 1.54) is 10.4 Å². The molecular weight excluding hydrogens is 300 g/mol. The normalized spacial score (nSPS) is 12.4. The Kier molecular flexibility index (Phi) is 4.21. The van der Waals surface area contributed by atoms with Crippen LogP contribution in [0.25, 0.3) is 0 Å². The number of hydrogen-bond acceptors (Lipinski definition) is 0. The van der Waals surface area contributed by atoms with E-state index in [0.717, 1.165) is 9.98 Å². The van der Waals surface area contributed by atoms with Gasteiger partial charge in [-0.25, -0.2) is 0 Å². The number of alkyl halides is 1. The van der Waals surface area contributed by atoms with Crippen molar-refractivity contribution in [2.75, 3.05) is 5.50 Å². The summed E-state index contributed by atoms with van der Waals surface area (Å²) < 4.78 is 1.12. The Morgan fingerprint density at radius 3 is 2.00 bits per heavy atom. The lowest BCUT2D eigenvalue weighted by Crippen LogP contribution is -2.44. The van der Waals surface area contributed by atoms with Gasteiger partial charge >= 0.3 is 0 Å². The largest absolute Gasteiger partial charge is 0.130 e. The number of benzene rings is 2. The average Bonchev–Trinajstić information content (AvgIpc) is 2.34. The fraction of sp³-hybridized carbons (Fsp3) is 0.0769. The molecule has 3 heteroatoms. The minimum Gasteiger partial charge on any atom is -0.130 e. The van der Waals surface area contributed by atoms with E-state index in [2.05, 4.69) is 64.5 Å². The van der Waals surface area contributed by atoms with Crippen molar-refractivity contribution >= 4 is 46.7 Å². The summed E-state index contributed by atoms with van der Waals surface area (Å²) in [4.78, 5) is 0. The van der Waals surface area contributed by atoms with E-state index in [1.54, 1.807) is 0 Å². The first kappa shape index (κ1) is 11.9. The molecule has 0 amide bonds. The van der Waals surface area contributed by atoms with Crippen LogP contribution in [0.2, 0.25) is 0 Å². The first-order valence-electron chi connectivity index (χ1n) is 5.17. The molecule has 0 radical (unpaired) electrons.